The van der Waals surface area contributed by atoms with Gasteiger partial charge in [0.05, 0.1) is 6.61 Å². The SMILES string of the molecule is O=S(=O)(NCC1(Cc2ccc(Br)cc2)CC1)C1CCOC1. The summed E-state index contributed by atoms with van der Waals surface area (Å²) in [5, 5.41) is -0.374. The summed E-state index contributed by atoms with van der Waals surface area (Å²) in [4.78, 5) is 0. The largest absolute Gasteiger partial charge is 0.380 e. The minimum atomic E-state index is -3.23. The van der Waals surface area contributed by atoms with Crippen molar-refractivity contribution in [1.82, 2.24) is 4.72 Å². The van der Waals surface area contributed by atoms with E-state index in [1.54, 1.807) is 0 Å². The molecule has 6 heteroatoms. The number of nitrogens with one attached hydrogen (secondary N) is 1. The molecule has 1 aliphatic heterocycles. The van der Waals surface area contributed by atoms with Crippen molar-refractivity contribution >= 4 is 26.0 Å². The summed E-state index contributed by atoms with van der Waals surface area (Å²) in [7, 11) is -3.23. The number of halogens is 1. The molecule has 1 saturated heterocycles. The Hall–Kier alpha value is -0.430. The number of hydrogen-bond acceptors (Lipinski definition) is 3. The topological polar surface area (TPSA) is 55.4 Å². The third-order valence-corrected chi connectivity index (χ3v) is 6.75. The Bertz CT molecular complexity index is 590. The predicted octanol–water partition coefficient (Wildman–Crippen LogP) is 2.48. The first-order chi connectivity index (χ1) is 9.99. The van der Waals surface area contributed by atoms with Gasteiger partial charge < -0.3 is 4.74 Å². The predicted molar refractivity (Wildman–Crippen MR) is 85.7 cm³/mol. The van der Waals surface area contributed by atoms with Gasteiger partial charge in [0.25, 0.3) is 0 Å². The van der Waals surface area contributed by atoms with Crippen LogP contribution < -0.4 is 4.72 Å². The molecule has 1 unspecified atom stereocenters. The van der Waals surface area contributed by atoms with E-state index in [0.717, 1.165) is 23.7 Å². The lowest BCUT2D eigenvalue weighted by Crippen LogP contribution is -2.38. The minimum Gasteiger partial charge on any atom is -0.380 e. The van der Waals surface area contributed by atoms with Gasteiger partial charge in [-0.2, -0.15) is 0 Å². The van der Waals surface area contributed by atoms with Gasteiger partial charge in [-0.1, -0.05) is 28.1 Å². The average Bonchev–Trinajstić information content (AvgIpc) is 3.00. The van der Waals surface area contributed by atoms with Gasteiger partial charge in [-0.3, -0.25) is 0 Å². The Labute approximate surface area is 134 Å². The van der Waals surface area contributed by atoms with Crippen molar-refractivity contribution in [2.45, 2.75) is 30.9 Å². The van der Waals surface area contributed by atoms with Crippen LogP contribution in [0.5, 0.6) is 0 Å². The van der Waals surface area contributed by atoms with Crippen LogP contribution in [0.4, 0.5) is 0 Å². The lowest BCUT2D eigenvalue weighted by Gasteiger charge is -2.18. The van der Waals surface area contributed by atoms with Crippen molar-refractivity contribution in [3.05, 3.63) is 34.3 Å². The molecule has 0 spiro atoms. The first-order valence-electron chi connectivity index (χ1n) is 7.30. The van der Waals surface area contributed by atoms with Crippen molar-refractivity contribution in [2.24, 2.45) is 5.41 Å². The van der Waals surface area contributed by atoms with Crippen LogP contribution in [-0.4, -0.2) is 33.4 Å². The van der Waals surface area contributed by atoms with E-state index in [4.69, 9.17) is 4.74 Å². The van der Waals surface area contributed by atoms with Gasteiger partial charge in [-0.15, -0.1) is 0 Å². The highest BCUT2D eigenvalue weighted by Crippen LogP contribution is 2.48. The molecule has 1 heterocycles. The van der Waals surface area contributed by atoms with Gasteiger partial charge in [-0.05, 0) is 48.8 Å². The van der Waals surface area contributed by atoms with Gasteiger partial charge in [0.15, 0.2) is 0 Å². The van der Waals surface area contributed by atoms with E-state index >= 15 is 0 Å². The molecule has 1 aromatic rings. The number of hydrogen-bond donors (Lipinski definition) is 1. The molecule has 4 nitrogen and oxygen atoms in total. The monoisotopic (exact) mass is 373 g/mol. The van der Waals surface area contributed by atoms with Crippen molar-refractivity contribution in [3.8, 4) is 0 Å². The molecule has 2 fully saturated rings. The summed E-state index contributed by atoms with van der Waals surface area (Å²) in [6, 6.07) is 8.27. The molecule has 1 N–H and O–H groups in total. The lowest BCUT2D eigenvalue weighted by molar-refractivity contribution is 0.198. The minimum absolute atomic E-state index is 0.111. The fourth-order valence-corrected chi connectivity index (χ4v) is 4.45. The van der Waals surface area contributed by atoms with Crippen molar-refractivity contribution in [1.29, 1.82) is 0 Å². The third-order valence-electron chi connectivity index (χ3n) is 4.42. The first kappa shape index (κ1) is 15.5. The van der Waals surface area contributed by atoms with Gasteiger partial charge in [0.2, 0.25) is 10.0 Å². The fraction of sp³-hybridized carbons (Fsp3) is 0.600. The zero-order chi connectivity index (χ0) is 14.9. The zero-order valence-electron chi connectivity index (χ0n) is 11.8. The van der Waals surface area contributed by atoms with Crippen LogP contribution in [0.3, 0.4) is 0 Å². The molecule has 0 bridgehead atoms. The standard InChI is InChI=1S/C15H20BrNO3S/c16-13-3-1-12(2-4-13)9-15(6-7-15)11-17-21(18,19)14-5-8-20-10-14/h1-4,14,17H,5-11H2. The Morgan fingerprint density at radius 1 is 1.29 bits per heavy atom. The van der Waals surface area contributed by atoms with Gasteiger partial charge >= 0.3 is 0 Å². The van der Waals surface area contributed by atoms with Gasteiger partial charge in [-0.25, -0.2) is 13.1 Å². The van der Waals surface area contributed by atoms with E-state index in [0.29, 0.717) is 26.2 Å². The van der Waals surface area contributed by atoms with Crippen molar-refractivity contribution in [2.75, 3.05) is 19.8 Å². The van der Waals surface area contributed by atoms with Crippen LogP contribution in [0.2, 0.25) is 0 Å². The highest BCUT2D eigenvalue weighted by molar-refractivity contribution is 9.10. The van der Waals surface area contributed by atoms with E-state index in [-0.39, 0.29) is 10.7 Å². The van der Waals surface area contributed by atoms with Crippen LogP contribution in [-0.2, 0) is 21.2 Å². The third kappa shape index (κ3) is 3.86. The Kier molecular flexibility index (Phi) is 4.41. The number of rotatable bonds is 6. The summed E-state index contributed by atoms with van der Waals surface area (Å²) in [5.74, 6) is 0. The Balaban J connectivity index is 1.58. The van der Waals surface area contributed by atoms with Gasteiger partial charge in [0.1, 0.15) is 5.25 Å². The van der Waals surface area contributed by atoms with Crippen LogP contribution in [0.1, 0.15) is 24.8 Å². The molecule has 1 aromatic carbocycles. The number of ether oxygens (including phenoxy) is 1. The van der Waals surface area contributed by atoms with Crippen LogP contribution in [0, 0.1) is 5.41 Å². The first-order valence-corrected chi connectivity index (χ1v) is 9.64. The van der Waals surface area contributed by atoms with Crippen molar-refractivity contribution < 1.29 is 13.2 Å². The smallest absolute Gasteiger partial charge is 0.216 e. The summed E-state index contributed by atoms with van der Waals surface area (Å²) >= 11 is 3.43. The second-order valence-electron chi connectivity index (χ2n) is 6.15. The van der Waals surface area contributed by atoms with E-state index in [2.05, 4.69) is 32.8 Å². The number of benzene rings is 1. The van der Waals surface area contributed by atoms with Crippen molar-refractivity contribution in [3.63, 3.8) is 0 Å². The normalized spacial score (nSPS) is 24.1. The van der Waals surface area contributed by atoms with E-state index in [1.165, 1.54) is 5.56 Å². The van der Waals surface area contributed by atoms with E-state index in [9.17, 15) is 8.42 Å². The second kappa shape index (κ2) is 5.99. The summed E-state index contributed by atoms with van der Waals surface area (Å²) in [6.45, 7) is 1.42. The van der Waals surface area contributed by atoms with E-state index < -0.39 is 10.0 Å². The average molecular weight is 374 g/mol. The molecule has 21 heavy (non-hydrogen) atoms. The number of sulfonamides is 1. The summed E-state index contributed by atoms with van der Waals surface area (Å²) in [5.41, 5.74) is 1.37. The Morgan fingerprint density at radius 2 is 2.00 bits per heavy atom. The lowest BCUT2D eigenvalue weighted by atomic mass is 9.97. The summed E-state index contributed by atoms with van der Waals surface area (Å²) in [6.07, 6.45) is 3.72. The molecule has 1 aliphatic carbocycles. The maximum atomic E-state index is 12.2. The van der Waals surface area contributed by atoms with E-state index in [1.807, 2.05) is 12.1 Å². The molecule has 3 rings (SSSR count). The van der Waals surface area contributed by atoms with Crippen LogP contribution >= 0.6 is 15.9 Å². The van der Waals surface area contributed by atoms with Crippen LogP contribution in [0.25, 0.3) is 0 Å². The van der Waals surface area contributed by atoms with Crippen LogP contribution in [0.15, 0.2) is 28.7 Å². The Morgan fingerprint density at radius 3 is 2.57 bits per heavy atom. The molecule has 116 valence electrons. The highest BCUT2D eigenvalue weighted by atomic mass is 79.9. The molecule has 1 saturated carbocycles. The molecular formula is C15H20BrNO3S. The summed E-state index contributed by atoms with van der Waals surface area (Å²) < 4.78 is 33.5. The molecule has 2 aliphatic rings. The molecule has 0 radical (unpaired) electrons. The highest BCUT2D eigenvalue weighted by Gasteiger charge is 2.43. The maximum absolute atomic E-state index is 12.2. The molecule has 0 aromatic heterocycles. The molecule has 0 amide bonds. The molecule has 1 atom stereocenters. The maximum Gasteiger partial charge on any atom is 0.216 e. The second-order valence-corrected chi connectivity index (χ2v) is 9.12. The fourth-order valence-electron chi connectivity index (χ4n) is 2.76. The van der Waals surface area contributed by atoms with Gasteiger partial charge in [0, 0.05) is 17.6 Å². The quantitative estimate of drug-likeness (QED) is 0.833. The zero-order valence-corrected chi connectivity index (χ0v) is 14.2. The molecular weight excluding hydrogens is 354 g/mol.